The second kappa shape index (κ2) is 4.57. The number of aromatic nitrogens is 3. The number of pyridine rings is 1. The average Bonchev–Trinajstić information content (AvgIpc) is 2.31. The summed E-state index contributed by atoms with van der Waals surface area (Å²) in [4.78, 5) is 14.0. The number of hydrogen-bond donors (Lipinski definition) is 1. The summed E-state index contributed by atoms with van der Waals surface area (Å²) in [5.74, 6) is 0.742. The number of anilines is 2. The molecular weight excluding hydrogens is 202 g/mol. The van der Waals surface area contributed by atoms with Gasteiger partial charge in [0.1, 0.15) is 6.33 Å². The van der Waals surface area contributed by atoms with Gasteiger partial charge in [-0.05, 0) is 17.7 Å². The highest BCUT2D eigenvalue weighted by Crippen LogP contribution is 2.18. The Morgan fingerprint density at radius 2 is 2.00 bits per heavy atom. The lowest BCUT2D eigenvalue weighted by Gasteiger charge is -2.19. The molecule has 0 unspecified atom stereocenters. The van der Waals surface area contributed by atoms with Crippen LogP contribution in [0.25, 0.3) is 0 Å². The largest absolute Gasteiger partial charge is 0.394 e. The van der Waals surface area contributed by atoms with E-state index in [1.54, 1.807) is 18.6 Å². The van der Waals surface area contributed by atoms with Gasteiger partial charge in [0.15, 0.2) is 5.82 Å². The first-order chi connectivity index (χ1) is 7.77. The molecule has 0 aliphatic carbocycles. The fourth-order valence-corrected chi connectivity index (χ4v) is 1.49. The lowest BCUT2D eigenvalue weighted by molar-refractivity contribution is 0.891. The van der Waals surface area contributed by atoms with Crippen molar-refractivity contribution in [1.29, 1.82) is 0 Å². The van der Waals surface area contributed by atoms with Gasteiger partial charge in [0, 0.05) is 26.0 Å². The molecule has 2 aromatic rings. The molecule has 2 rings (SSSR count). The van der Waals surface area contributed by atoms with E-state index in [-0.39, 0.29) is 0 Å². The summed E-state index contributed by atoms with van der Waals surface area (Å²) in [5, 5.41) is 0. The van der Waals surface area contributed by atoms with E-state index in [2.05, 4.69) is 15.0 Å². The average molecular weight is 215 g/mol. The molecule has 16 heavy (non-hydrogen) atoms. The van der Waals surface area contributed by atoms with Gasteiger partial charge < -0.3 is 10.6 Å². The van der Waals surface area contributed by atoms with E-state index in [4.69, 9.17) is 5.73 Å². The van der Waals surface area contributed by atoms with E-state index >= 15 is 0 Å². The monoisotopic (exact) mass is 215 g/mol. The Kier molecular flexibility index (Phi) is 2.95. The van der Waals surface area contributed by atoms with Gasteiger partial charge in [-0.25, -0.2) is 9.97 Å². The van der Waals surface area contributed by atoms with Crippen LogP contribution in [-0.2, 0) is 6.54 Å². The topological polar surface area (TPSA) is 67.9 Å². The Hall–Kier alpha value is -2.17. The van der Waals surface area contributed by atoms with E-state index in [0.717, 1.165) is 17.9 Å². The molecule has 0 amide bonds. The van der Waals surface area contributed by atoms with Crippen molar-refractivity contribution in [2.45, 2.75) is 6.54 Å². The summed E-state index contributed by atoms with van der Waals surface area (Å²) >= 11 is 0. The molecule has 0 saturated carbocycles. The molecule has 2 N–H and O–H groups in total. The number of nitrogens with zero attached hydrogens (tertiary/aromatic N) is 4. The van der Waals surface area contributed by atoms with Gasteiger partial charge in [-0.2, -0.15) is 0 Å². The smallest absolute Gasteiger partial charge is 0.155 e. The predicted octanol–water partition coefficient (Wildman–Crippen LogP) is 1.09. The van der Waals surface area contributed by atoms with Crippen LogP contribution in [0, 0.1) is 0 Å². The highest BCUT2D eigenvalue weighted by molar-refractivity contribution is 5.60. The van der Waals surface area contributed by atoms with Crippen LogP contribution in [-0.4, -0.2) is 22.0 Å². The van der Waals surface area contributed by atoms with Crippen LogP contribution in [0.5, 0.6) is 0 Å². The predicted molar refractivity (Wildman–Crippen MR) is 62.8 cm³/mol. The lowest BCUT2D eigenvalue weighted by Crippen LogP contribution is -2.19. The maximum absolute atomic E-state index is 5.80. The molecule has 0 fully saturated rings. The molecule has 0 saturated heterocycles. The summed E-state index contributed by atoms with van der Waals surface area (Å²) in [5.41, 5.74) is 7.54. The van der Waals surface area contributed by atoms with Gasteiger partial charge in [0.2, 0.25) is 0 Å². The highest BCUT2D eigenvalue weighted by Gasteiger charge is 2.06. The minimum absolute atomic E-state index is 0.582. The third-order valence-corrected chi connectivity index (χ3v) is 2.25. The Morgan fingerprint density at radius 1 is 1.25 bits per heavy atom. The highest BCUT2D eigenvalue weighted by atomic mass is 15.2. The summed E-state index contributed by atoms with van der Waals surface area (Å²) in [6.45, 7) is 0.740. The van der Waals surface area contributed by atoms with Crippen LogP contribution in [0.2, 0.25) is 0 Å². The van der Waals surface area contributed by atoms with E-state index in [0.29, 0.717) is 5.69 Å². The van der Waals surface area contributed by atoms with Crippen LogP contribution in [0.4, 0.5) is 11.5 Å². The summed E-state index contributed by atoms with van der Waals surface area (Å²) in [6.07, 6.45) is 6.64. The maximum Gasteiger partial charge on any atom is 0.155 e. The maximum atomic E-state index is 5.80. The molecule has 2 aromatic heterocycles. The zero-order valence-electron chi connectivity index (χ0n) is 9.04. The molecule has 2 heterocycles. The number of rotatable bonds is 3. The first-order valence-corrected chi connectivity index (χ1v) is 4.93. The van der Waals surface area contributed by atoms with Crippen molar-refractivity contribution in [3.05, 3.63) is 42.6 Å². The second-order valence-corrected chi connectivity index (χ2v) is 3.51. The lowest BCUT2D eigenvalue weighted by atomic mass is 10.2. The van der Waals surface area contributed by atoms with Crippen molar-refractivity contribution in [2.75, 3.05) is 17.7 Å². The van der Waals surface area contributed by atoms with Crippen molar-refractivity contribution >= 4 is 11.5 Å². The molecule has 5 nitrogen and oxygen atoms in total. The third-order valence-electron chi connectivity index (χ3n) is 2.25. The normalized spacial score (nSPS) is 10.1. The van der Waals surface area contributed by atoms with Crippen molar-refractivity contribution in [3.63, 3.8) is 0 Å². The van der Waals surface area contributed by atoms with Crippen molar-refractivity contribution in [3.8, 4) is 0 Å². The van der Waals surface area contributed by atoms with E-state index in [9.17, 15) is 0 Å². The van der Waals surface area contributed by atoms with Crippen LogP contribution >= 0.6 is 0 Å². The minimum Gasteiger partial charge on any atom is -0.394 e. The van der Waals surface area contributed by atoms with Crippen LogP contribution in [0.1, 0.15) is 5.56 Å². The fourth-order valence-electron chi connectivity index (χ4n) is 1.49. The number of nitrogens with two attached hydrogens (primary N) is 1. The summed E-state index contributed by atoms with van der Waals surface area (Å²) < 4.78 is 0. The fraction of sp³-hybridized carbons (Fsp3) is 0.182. The van der Waals surface area contributed by atoms with Crippen molar-refractivity contribution < 1.29 is 0 Å². The van der Waals surface area contributed by atoms with Crippen molar-refractivity contribution in [1.82, 2.24) is 15.0 Å². The molecule has 0 aliphatic rings. The molecular formula is C11H13N5. The first kappa shape index (κ1) is 10.4. The van der Waals surface area contributed by atoms with Gasteiger partial charge in [0.05, 0.1) is 11.9 Å². The molecule has 82 valence electrons. The van der Waals surface area contributed by atoms with E-state index in [1.165, 1.54) is 6.33 Å². The second-order valence-electron chi connectivity index (χ2n) is 3.51. The summed E-state index contributed by atoms with van der Waals surface area (Å²) in [7, 11) is 1.94. The van der Waals surface area contributed by atoms with Gasteiger partial charge in [-0.3, -0.25) is 4.98 Å². The Morgan fingerprint density at radius 3 is 2.69 bits per heavy atom. The Labute approximate surface area is 94.0 Å². The minimum atomic E-state index is 0.582. The molecule has 0 radical (unpaired) electrons. The third kappa shape index (κ3) is 2.25. The number of hydrogen-bond acceptors (Lipinski definition) is 5. The molecule has 0 aromatic carbocycles. The Balaban J connectivity index is 2.15. The molecule has 5 heteroatoms. The van der Waals surface area contributed by atoms with Crippen molar-refractivity contribution in [2.24, 2.45) is 0 Å². The first-order valence-electron chi connectivity index (χ1n) is 4.93. The molecule has 0 spiro atoms. The van der Waals surface area contributed by atoms with Gasteiger partial charge >= 0.3 is 0 Å². The SMILES string of the molecule is CN(Cc1ccncc1)c1ncncc1N. The quantitative estimate of drug-likeness (QED) is 0.830. The van der Waals surface area contributed by atoms with Gasteiger partial charge in [-0.15, -0.1) is 0 Å². The zero-order chi connectivity index (χ0) is 11.4. The van der Waals surface area contributed by atoms with Crippen LogP contribution in [0.15, 0.2) is 37.1 Å². The van der Waals surface area contributed by atoms with E-state index in [1.807, 2.05) is 24.1 Å². The molecule has 0 aliphatic heterocycles. The number of nitrogen functional groups attached to an aromatic ring is 1. The van der Waals surface area contributed by atoms with Crippen LogP contribution in [0.3, 0.4) is 0 Å². The van der Waals surface area contributed by atoms with E-state index < -0.39 is 0 Å². The molecule has 0 atom stereocenters. The Bertz CT molecular complexity index is 457. The molecule has 0 bridgehead atoms. The van der Waals surface area contributed by atoms with Gasteiger partial charge in [0.25, 0.3) is 0 Å². The summed E-state index contributed by atoms with van der Waals surface area (Å²) in [6, 6.07) is 3.93. The van der Waals surface area contributed by atoms with Gasteiger partial charge in [-0.1, -0.05) is 0 Å². The standard InChI is InChI=1S/C11H13N5/c1-16(7-9-2-4-13-5-3-9)11-10(12)6-14-8-15-11/h2-6,8H,7,12H2,1H3. The van der Waals surface area contributed by atoms with Crippen LogP contribution < -0.4 is 10.6 Å². The zero-order valence-corrected chi connectivity index (χ0v) is 9.04.